The van der Waals surface area contributed by atoms with Crippen molar-refractivity contribution in [2.24, 2.45) is 0 Å². The summed E-state index contributed by atoms with van der Waals surface area (Å²) in [5.74, 6) is -0.417. The predicted molar refractivity (Wildman–Crippen MR) is 63.4 cm³/mol. The molecule has 0 aromatic carbocycles. The molecule has 4 nitrogen and oxygen atoms in total. The Morgan fingerprint density at radius 2 is 2.19 bits per heavy atom. The van der Waals surface area contributed by atoms with Crippen molar-refractivity contribution in [3.05, 3.63) is 12.2 Å². The molecule has 0 unspecified atom stereocenters. The third-order valence-electron chi connectivity index (χ3n) is 1.97. The lowest BCUT2D eigenvalue weighted by Gasteiger charge is -2.23. The molecule has 7 heteroatoms. The molecule has 16 heavy (non-hydrogen) atoms. The van der Waals surface area contributed by atoms with E-state index in [0.717, 1.165) is 0 Å². The van der Waals surface area contributed by atoms with Gasteiger partial charge >= 0.3 is 0 Å². The number of rotatable bonds is 4. The molecule has 0 aromatic rings. The Kier molecular flexibility index (Phi) is 5.34. The molecule has 1 rings (SSSR count). The molecule has 0 bridgehead atoms. The van der Waals surface area contributed by atoms with Gasteiger partial charge in [0.25, 0.3) is 3.79 Å². The van der Waals surface area contributed by atoms with Crippen LogP contribution in [0.1, 0.15) is 6.42 Å². The van der Waals surface area contributed by atoms with E-state index < -0.39 is 15.8 Å². The third-order valence-corrected chi connectivity index (χ3v) is 2.49. The van der Waals surface area contributed by atoms with E-state index in [9.17, 15) is 0 Å². The molecule has 1 N–H and O–H groups in total. The van der Waals surface area contributed by atoms with E-state index in [1.165, 1.54) is 7.11 Å². The number of hydrogen-bond donors (Lipinski definition) is 1. The van der Waals surface area contributed by atoms with Gasteiger partial charge in [-0.1, -0.05) is 40.9 Å². The average molecular weight is 289 g/mol. The van der Waals surface area contributed by atoms with E-state index in [-0.39, 0.29) is 12.9 Å². The van der Waals surface area contributed by atoms with E-state index in [1.807, 2.05) is 6.08 Å². The highest BCUT2D eigenvalue weighted by molar-refractivity contribution is 6.76. The predicted octanol–water partition coefficient (Wildman–Crippen LogP) is 2.67. The van der Waals surface area contributed by atoms with Crippen molar-refractivity contribution < 1.29 is 14.2 Å². The zero-order valence-electron chi connectivity index (χ0n) is 8.58. The molecule has 92 valence electrons. The van der Waals surface area contributed by atoms with Gasteiger partial charge in [0.05, 0.1) is 0 Å². The summed E-state index contributed by atoms with van der Waals surface area (Å²) in [5.41, 5.74) is 0. The molecule has 0 saturated heterocycles. The van der Waals surface area contributed by atoms with E-state index in [0.29, 0.717) is 6.42 Å². The quantitative estimate of drug-likeness (QED) is 0.284. The molecule has 0 aliphatic heterocycles. The van der Waals surface area contributed by atoms with Crippen LogP contribution in [0.2, 0.25) is 0 Å². The minimum absolute atomic E-state index is 0.160. The lowest BCUT2D eigenvalue weighted by Crippen LogP contribution is -2.33. The molecule has 0 heterocycles. The Morgan fingerprint density at radius 3 is 2.75 bits per heavy atom. The van der Waals surface area contributed by atoms with Gasteiger partial charge in [0.2, 0.25) is 5.90 Å². The van der Waals surface area contributed by atoms with Gasteiger partial charge in [-0.05, 0) is 12.5 Å². The number of hydrogen-bond acceptors (Lipinski definition) is 4. The summed E-state index contributed by atoms with van der Waals surface area (Å²) in [6.45, 7) is 0.160. The van der Waals surface area contributed by atoms with Crippen LogP contribution in [0.15, 0.2) is 12.2 Å². The second-order valence-electron chi connectivity index (χ2n) is 3.18. The number of methoxy groups -OCH3 is 1. The SMILES string of the molecule is COCO[C@@H]1CC=C[C@@H]1OC(=N)C(Cl)(Cl)Cl. The molecule has 0 saturated carbocycles. The number of ether oxygens (including phenoxy) is 3. The van der Waals surface area contributed by atoms with Crippen LogP contribution in [0.4, 0.5) is 0 Å². The first kappa shape index (κ1) is 14.1. The van der Waals surface area contributed by atoms with Crippen LogP contribution in [0.25, 0.3) is 0 Å². The number of nitrogens with one attached hydrogen (secondary N) is 1. The van der Waals surface area contributed by atoms with Gasteiger partial charge < -0.3 is 14.2 Å². The van der Waals surface area contributed by atoms with Crippen molar-refractivity contribution in [2.75, 3.05) is 13.9 Å². The first-order valence-corrected chi connectivity index (χ1v) is 5.68. The van der Waals surface area contributed by atoms with E-state index in [2.05, 4.69) is 0 Å². The molecule has 1 aliphatic carbocycles. The largest absolute Gasteiger partial charge is 0.468 e. The molecule has 0 spiro atoms. The summed E-state index contributed by atoms with van der Waals surface area (Å²) in [5, 5.41) is 7.43. The van der Waals surface area contributed by atoms with Gasteiger partial charge in [-0.15, -0.1) is 0 Å². The van der Waals surface area contributed by atoms with Gasteiger partial charge in [-0.2, -0.15) is 0 Å². The fourth-order valence-electron chi connectivity index (χ4n) is 1.24. The smallest absolute Gasteiger partial charge is 0.265 e. The summed E-state index contributed by atoms with van der Waals surface area (Å²) in [6, 6.07) is 0. The Labute approximate surface area is 109 Å². The van der Waals surface area contributed by atoms with E-state index in [4.69, 9.17) is 54.4 Å². The van der Waals surface area contributed by atoms with Crippen LogP contribution in [-0.2, 0) is 14.2 Å². The zero-order valence-corrected chi connectivity index (χ0v) is 10.9. The highest BCUT2D eigenvalue weighted by atomic mass is 35.6. The first-order valence-electron chi connectivity index (χ1n) is 4.54. The van der Waals surface area contributed by atoms with Crippen LogP contribution in [0, 0.1) is 5.41 Å². The van der Waals surface area contributed by atoms with Gasteiger partial charge in [0.15, 0.2) is 0 Å². The number of alkyl halides is 3. The molecule has 0 amide bonds. The van der Waals surface area contributed by atoms with Crippen LogP contribution in [0.3, 0.4) is 0 Å². The lowest BCUT2D eigenvalue weighted by atomic mass is 10.2. The van der Waals surface area contributed by atoms with Crippen molar-refractivity contribution in [1.29, 1.82) is 5.41 Å². The standard InChI is InChI=1S/C9H12Cl3NO3/c1-14-5-15-6-3-2-4-7(6)16-8(13)9(10,11)12/h2,4,6-7,13H,3,5H2,1H3/t6-,7+/m1/s1. The van der Waals surface area contributed by atoms with Gasteiger partial charge in [0.1, 0.15) is 19.0 Å². The van der Waals surface area contributed by atoms with Gasteiger partial charge in [-0.25, -0.2) is 0 Å². The summed E-state index contributed by atoms with van der Waals surface area (Å²) in [6.07, 6.45) is 3.70. The zero-order chi connectivity index (χ0) is 12.2. The van der Waals surface area contributed by atoms with Crippen molar-refractivity contribution >= 4 is 40.7 Å². The van der Waals surface area contributed by atoms with E-state index >= 15 is 0 Å². The number of halogens is 3. The van der Waals surface area contributed by atoms with Gasteiger partial charge in [0, 0.05) is 7.11 Å². The van der Waals surface area contributed by atoms with Crippen LogP contribution >= 0.6 is 34.8 Å². The second kappa shape index (κ2) is 6.07. The normalized spacial score (nSPS) is 24.8. The van der Waals surface area contributed by atoms with Crippen LogP contribution < -0.4 is 0 Å². The summed E-state index contributed by atoms with van der Waals surface area (Å²) in [4.78, 5) is 0. The van der Waals surface area contributed by atoms with E-state index in [1.54, 1.807) is 6.08 Å². The monoisotopic (exact) mass is 287 g/mol. The van der Waals surface area contributed by atoms with Crippen LogP contribution in [-0.4, -0.2) is 35.8 Å². The van der Waals surface area contributed by atoms with Crippen molar-refractivity contribution in [3.63, 3.8) is 0 Å². The van der Waals surface area contributed by atoms with Gasteiger partial charge in [-0.3, -0.25) is 5.41 Å². The maximum atomic E-state index is 7.43. The lowest BCUT2D eigenvalue weighted by molar-refractivity contribution is -0.0940. The summed E-state index contributed by atoms with van der Waals surface area (Å²) < 4.78 is 13.5. The average Bonchev–Trinajstić information content (AvgIpc) is 2.61. The topological polar surface area (TPSA) is 51.5 Å². The summed E-state index contributed by atoms with van der Waals surface area (Å²) in [7, 11) is 1.53. The maximum absolute atomic E-state index is 7.43. The minimum Gasteiger partial charge on any atom is -0.468 e. The Balaban J connectivity index is 2.46. The fraction of sp³-hybridized carbons (Fsp3) is 0.667. The first-order chi connectivity index (χ1) is 7.45. The molecular formula is C9H12Cl3NO3. The van der Waals surface area contributed by atoms with Crippen molar-refractivity contribution in [1.82, 2.24) is 0 Å². The van der Waals surface area contributed by atoms with Crippen molar-refractivity contribution in [2.45, 2.75) is 22.4 Å². The van der Waals surface area contributed by atoms with Crippen LogP contribution in [0.5, 0.6) is 0 Å². The maximum Gasteiger partial charge on any atom is 0.265 e. The summed E-state index contributed by atoms with van der Waals surface area (Å²) >= 11 is 16.5. The Morgan fingerprint density at radius 1 is 1.50 bits per heavy atom. The minimum atomic E-state index is -1.85. The third kappa shape index (κ3) is 4.11. The van der Waals surface area contributed by atoms with Crippen molar-refractivity contribution in [3.8, 4) is 0 Å². The molecule has 0 fully saturated rings. The molecule has 0 radical (unpaired) electrons. The molecule has 0 aromatic heterocycles. The Hall–Kier alpha value is -0.000000000000000111. The molecule has 1 aliphatic rings. The highest BCUT2D eigenvalue weighted by Gasteiger charge is 2.34. The highest BCUT2D eigenvalue weighted by Crippen LogP contribution is 2.30. The Bertz CT molecular complexity index is 278. The second-order valence-corrected chi connectivity index (χ2v) is 5.47. The molecule has 2 atom stereocenters. The fourth-order valence-corrected chi connectivity index (χ4v) is 1.37. The molecular weight excluding hydrogens is 276 g/mol.